The Morgan fingerprint density at radius 3 is 2.62 bits per heavy atom. The van der Waals surface area contributed by atoms with E-state index in [1.165, 1.54) is 0 Å². The molecule has 0 atom stereocenters. The van der Waals surface area contributed by atoms with Crippen molar-refractivity contribution in [3.8, 4) is 11.5 Å². The molecule has 1 aliphatic heterocycles. The first kappa shape index (κ1) is 21.5. The van der Waals surface area contributed by atoms with Gasteiger partial charge >= 0.3 is 5.97 Å². The Hall–Kier alpha value is -3.78. The molecule has 1 saturated heterocycles. The highest BCUT2D eigenvalue weighted by Gasteiger charge is 2.34. The minimum absolute atomic E-state index is 0.132. The molecule has 3 aromatic rings. The number of thioether (sulfide) groups is 1. The fourth-order valence-electron chi connectivity index (χ4n) is 3.25. The van der Waals surface area contributed by atoms with Crippen LogP contribution in [0.25, 0.3) is 16.8 Å². The van der Waals surface area contributed by atoms with E-state index in [1.807, 2.05) is 42.5 Å². The average Bonchev–Trinajstić information content (AvgIpc) is 3.05. The largest absolute Gasteiger partial charge is 0.491 e. The Labute approximate surface area is 188 Å². The molecule has 0 unspecified atom stereocenters. The molecular weight excluding hydrogens is 430 g/mol. The summed E-state index contributed by atoms with van der Waals surface area (Å²) in [5.74, 6) is -0.409. The number of carbonyl (C=O) groups excluding carboxylic acids is 2. The second kappa shape index (κ2) is 9.57. The molecule has 1 N–H and O–H groups in total. The van der Waals surface area contributed by atoms with E-state index in [9.17, 15) is 14.4 Å². The first-order valence-electron chi connectivity index (χ1n) is 9.82. The Kier molecular flexibility index (Phi) is 6.42. The van der Waals surface area contributed by atoms with Gasteiger partial charge in [0.25, 0.3) is 11.1 Å². The number of aliphatic carboxylic acids is 1. The van der Waals surface area contributed by atoms with Crippen LogP contribution in [-0.4, -0.2) is 46.9 Å². The third-order valence-electron chi connectivity index (χ3n) is 4.71. The van der Waals surface area contributed by atoms with Crippen molar-refractivity contribution < 1.29 is 29.0 Å². The second-order valence-electron chi connectivity index (χ2n) is 6.91. The molecule has 32 heavy (non-hydrogen) atoms. The third-order valence-corrected chi connectivity index (χ3v) is 5.62. The highest BCUT2D eigenvalue weighted by molar-refractivity contribution is 8.18. The molecule has 4 rings (SSSR count). The van der Waals surface area contributed by atoms with E-state index in [2.05, 4.69) is 0 Å². The Balaban J connectivity index is 1.40. The molecule has 162 valence electrons. The second-order valence-corrected chi connectivity index (χ2v) is 7.91. The SMILES string of the molecule is O=C(O)COc1cccc(/C=C2\SC(=O)N(CCOc3cccc4ccccc34)C2=O)c1. The van der Waals surface area contributed by atoms with E-state index < -0.39 is 18.5 Å². The van der Waals surface area contributed by atoms with E-state index >= 15 is 0 Å². The van der Waals surface area contributed by atoms with Crippen LogP contribution in [-0.2, 0) is 9.59 Å². The molecule has 0 spiro atoms. The lowest BCUT2D eigenvalue weighted by Crippen LogP contribution is -2.32. The summed E-state index contributed by atoms with van der Waals surface area (Å²) in [4.78, 5) is 37.2. The first-order valence-corrected chi connectivity index (χ1v) is 10.6. The minimum atomic E-state index is -1.08. The highest BCUT2D eigenvalue weighted by atomic mass is 32.2. The molecule has 0 radical (unpaired) electrons. The van der Waals surface area contributed by atoms with Gasteiger partial charge in [-0.2, -0.15) is 0 Å². The van der Waals surface area contributed by atoms with Crippen molar-refractivity contribution in [2.45, 2.75) is 0 Å². The quantitative estimate of drug-likeness (QED) is 0.509. The summed E-state index contributed by atoms with van der Waals surface area (Å²) in [5.41, 5.74) is 0.630. The van der Waals surface area contributed by atoms with Crippen LogP contribution >= 0.6 is 11.8 Å². The predicted molar refractivity (Wildman–Crippen MR) is 122 cm³/mol. The van der Waals surface area contributed by atoms with Crippen LogP contribution in [0.3, 0.4) is 0 Å². The van der Waals surface area contributed by atoms with Crippen LogP contribution in [0.15, 0.2) is 71.6 Å². The summed E-state index contributed by atoms with van der Waals surface area (Å²) in [7, 11) is 0. The van der Waals surface area contributed by atoms with E-state index in [1.54, 1.807) is 30.3 Å². The molecule has 0 bridgehead atoms. The van der Waals surface area contributed by atoms with Gasteiger partial charge in [-0.25, -0.2) is 4.79 Å². The summed E-state index contributed by atoms with van der Waals surface area (Å²) >= 11 is 0.858. The lowest BCUT2D eigenvalue weighted by atomic mass is 10.1. The van der Waals surface area contributed by atoms with E-state index in [-0.39, 0.29) is 23.3 Å². The van der Waals surface area contributed by atoms with Gasteiger partial charge in [0.2, 0.25) is 0 Å². The first-order chi connectivity index (χ1) is 15.5. The Morgan fingerprint density at radius 2 is 1.78 bits per heavy atom. The number of imide groups is 1. The predicted octanol–water partition coefficient (Wildman–Crippen LogP) is 4.42. The number of hydrogen-bond acceptors (Lipinski definition) is 6. The molecule has 0 aliphatic carbocycles. The number of rotatable bonds is 8. The van der Waals surface area contributed by atoms with Crippen LogP contribution in [0.2, 0.25) is 0 Å². The van der Waals surface area contributed by atoms with E-state index in [0.29, 0.717) is 17.1 Å². The number of benzene rings is 3. The molecular formula is C24H19NO6S. The van der Waals surface area contributed by atoms with Gasteiger partial charge in [-0.15, -0.1) is 0 Å². The fraction of sp³-hybridized carbons (Fsp3) is 0.125. The summed E-state index contributed by atoms with van der Waals surface area (Å²) in [6.07, 6.45) is 1.59. The van der Waals surface area contributed by atoms with Gasteiger partial charge in [0.05, 0.1) is 11.4 Å². The number of amides is 2. The molecule has 0 aromatic heterocycles. The Bertz CT molecular complexity index is 1220. The number of carboxylic acids is 1. The smallest absolute Gasteiger partial charge is 0.341 e. The van der Waals surface area contributed by atoms with Crippen LogP contribution in [0.1, 0.15) is 5.56 Å². The van der Waals surface area contributed by atoms with Crippen molar-refractivity contribution in [2.75, 3.05) is 19.8 Å². The maximum Gasteiger partial charge on any atom is 0.341 e. The van der Waals surface area contributed by atoms with Crippen LogP contribution in [0, 0.1) is 0 Å². The molecule has 1 fully saturated rings. The minimum Gasteiger partial charge on any atom is -0.491 e. The summed E-state index contributed by atoms with van der Waals surface area (Å²) in [5, 5.41) is 10.4. The highest BCUT2D eigenvalue weighted by Crippen LogP contribution is 2.33. The van der Waals surface area contributed by atoms with Crippen molar-refractivity contribution >= 4 is 45.7 Å². The van der Waals surface area contributed by atoms with Gasteiger partial charge in [0, 0.05) is 5.39 Å². The number of hydrogen-bond donors (Lipinski definition) is 1. The lowest BCUT2D eigenvalue weighted by Gasteiger charge is -2.14. The van der Waals surface area contributed by atoms with Gasteiger partial charge in [0.1, 0.15) is 18.1 Å². The van der Waals surface area contributed by atoms with Crippen molar-refractivity contribution in [3.05, 3.63) is 77.2 Å². The van der Waals surface area contributed by atoms with E-state index in [0.717, 1.165) is 27.4 Å². The molecule has 1 aliphatic rings. The molecule has 0 saturated carbocycles. The van der Waals surface area contributed by atoms with E-state index in [4.69, 9.17) is 14.6 Å². The van der Waals surface area contributed by atoms with Gasteiger partial charge in [-0.05, 0) is 47.0 Å². The van der Waals surface area contributed by atoms with Crippen LogP contribution in [0.4, 0.5) is 4.79 Å². The Morgan fingerprint density at radius 1 is 1.00 bits per heavy atom. The molecule has 2 amide bonds. The number of fused-ring (bicyclic) bond motifs is 1. The number of nitrogens with zero attached hydrogens (tertiary/aromatic N) is 1. The number of carboxylic acid groups (broad SMARTS) is 1. The summed E-state index contributed by atoms with van der Waals surface area (Å²) < 4.78 is 11.0. The van der Waals surface area contributed by atoms with Gasteiger partial charge < -0.3 is 14.6 Å². The van der Waals surface area contributed by atoms with Gasteiger partial charge in [0.15, 0.2) is 6.61 Å². The maximum absolute atomic E-state index is 12.7. The third kappa shape index (κ3) is 4.92. The average molecular weight is 449 g/mol. The van der Waals surface area contributed by atoms with Crippen molar-refractivity contribution in [2.24, 2.45) is 0 Å². The zero-order chi connectivity index (χ0) is 22.5. The normalized spacial score (nSPS) is 14.9. The number of ether oxygens (including phenoxy) is 2. The maximum atomic E-state index is 12.7. The summed E-state index contributed by atoms with van der Waals surface area (Å²) in [6, 6.07) is 20.2. The van der Waals surface area contributed by atoms with Crippen molar-refractivity contribution in [1.82, 2.24) is 4.90 Å². The zero-order valence-corrected chi connectivity index (χ0v) is 17.7. The summed E-state index contributed by atoms with van der Waals surface area (Å²) in [6.45, 7) is -0.151. The molecule has 7 nitrogen and oxygen atoms in total. The van der Waals surface area contributed by atoms with Gasteiger partial charge in [-0.1, -0.05) is 48.5 Å². The molecule has 1 heterocycles. The monoisotopic (exact) mass is 449 g/mol. The lowest BCUT2D eigenvalue weighted by molar-refractivity contribution is -0.139. The fourth-order valence-corrected chi connectivity index (χ4v) is 4.12. The van der Waals surface area contributed by atoms with Crippen LogP contribution < -0.4 is 9.47 Å². The topological polar surface area (TPSA) is 93.1 Å². The van der Waals surface area contributed by atoms with Crippen LogP contribution in [0.5, 0.6) is 11.5 Å². The van der Waals surface area contributed by atoms with Crippen molar-refractivity contribution in [1.29, 1.82) is 0 Å². The molecule has 8 heteroatoms. The van der Waals surface area contributed by atoms with Crippen molar-refractivity contribution in [3.63, 3.8) is 0 Å². The number of carbonyl (C=O) groups is 3. The molecule has 3 aromatic carbocycles. The zero-order valence-electron chi connectivity index (χ0n) is 16.9. The van der Waals surface area contributed by atoms with Gasteiger partial charge in [-0.3, -0.25) is 14.5 Å². The standard InChI is InChI=1S/C24H19NO6S/c26-22(27)15-31-18-8-3-5-16(13-18)14-21-23(28)25(24(29)32-21)11-12-30-20-10-4-7-17-6-1-2-9-19(17)20/h1-10,13-14H,11-12,15H2,(H,26,27)/b21-14-.